The lowest BCUT2D eigenvalue weighted by molar-refractivity contribution is -0.131. The summed E-state index contributed by atoms with van der Waals surface area (Å²) in [7, 11) is 0. The van der Waals surface area contributed by atoms with E-state index in [1.807, 2.05) is 6.92 Å². The predicted octanol–water partition coefficient (Wildman–Crippen LogP) is 6.39. The number of nitrogens with zero attached hydrogens (tertiary/aromatic N) is 2. The van der Waals surface area contributed by atoms with Crippen molar-refractivity contribution in [3.63, 3.8) is 0 Å². The fourth-order valence-electron chi connectivity index (χ4n) is 2.35. The highest BCUT2D eigenvalue weighted by Gasteiger charge is 2.16. The smallest absolute Gasteiger partial charge is 0.342 e. The van der Waals surface area contributed by atoms with Crippen LogP contribution in [0.4, 0.5) is 0 Å². The molecule has 0 aliphatic heterocycles. The van der Waals surface area contributed by atoms with Gasteiger partial charge in [-0.1, -0.05) is 47.8 Å². The van der Waals surface area contributed by atoms with Crippen molar-refractivity contribution in [2.24, 2.45) is 0 Å². The quantitative estimate of drug-likeness (QED) is 0.292. The summed E-state index contributed by atoms with van der Waals surface area (Å²) in [5.74, 6) is -0.271. The van der Waals surface area contributed by atoms with Gasteiger partial charge in [-0.3, -0.25) is 0 Å². The number of benzene rings is 2. The summed E-state index contributed by atoms with van der Waals surface area (Å²) in [6, 6.07) is 10.1. The van der Waals surface area contributed by atoms with Crippen LogP contribution in [0.2, 0.25) is 15.1 Å². The highest BCUT2D eigenvalue weighted by molar-refractivity contribution is 8.03. The Morgan fingerprint density at radius 3 is 2.63 bits per heavy atom. The summed E-state index contributed by atoms with van der Waals surface area (Å²) in [6.07, 6.45) is 2.00. The Morgan fingerprint density at radius 1 is 1.17 bits per heavy atom. The van der Waals surface area contributed by atoms with E-state index in [2.05, 4.69) is 10.2 Å². The molecule has 156 valence electrons. The fourth-order valence-corrected chi connectivity index (χ4v) is 3.53. The van der Waals surface area contributed by atoms with E-state index in [0.29, 0.717) is 38.7 Å². The van der Waals surface area contributed by atoms with Gasteiger partial charge in [-0.05, 0) is 53.7 Å². The Labute approximate surface area is 191 Å². The number of aromatic nitrogens is 2. The maximum Gasteiger partial charge on any atom is 0.342 e. The van der Waals surface area contributed by atoms with Crippen LogP contribution in [0.25, 0.3) is 6.08 Å². The predicted molar refractivity (Wildman–Crippen MR) is 117 cm³/mol. The lowest BCUT2D eigenvalue weighted by Gasteiger charge is -2.11. The van der Waals surface area contributed by atoms with E-state index < -0.39 is 5.97 Å². The van der Waals surface area contributed by atoms with E-state index >= 15 is 0 Å². The molecule has 0 saturated carbocycles. The average Bonchev–Trinajstić information content (AvgIpc) is 3.17. The SMILES string of the molecule is CCc1nnc(S/C(=C\c2cc(Cl)ccc2OCc2ccc(Cl)c(Cl)c2)C(=O)O)o1. The first kappa shape index (κ1) is 22.5. The van der Waals surface area contributed by atoms with Crippen LogP contribution >= 0.6 is 46.6 Å². The van der Waals surface area contributed by atoms with E-state index in [-0.39, 0.29) is 16.7 Å². The first-order valence-electron chi connectivity index (χ1n) is 8.67. The maximum absolute atomic E-state index is 11.7. The highest BCUT2D eigenvalue weighted by Crippen LogP contribution is 2.32. The Kier molecular flexibility index (Phi) is 7.66. The van der Waals surface area contributed by atoms with Crippen molar-refractivity contribution in [2.75, 3.05) is 0 Å². The Balaban J connectivity index is 1.86. The summed E-state index contributed by atoms with van der Waals surface area (Å²) < 4.78 is 11.3. The number of halogens is 3. The molecule has 0 aliphatic carbocycles. The van der Waals surface area contributed by atoms with E-state index in [1.54, 1.807) is 36.4 Å². The second kappa shape index (κ2) is 10.2. The van der Waals surface area contributed by atoms with E-state index in [0.717, 1.165) is 17.3 Å². The molecule has 0 unspecified atom stereocenters. The average molecular weight is 486 g/mol. The second-order valence-corrected chi connectivity index (χ2v) is 8.19. The zero-order valence-corrected chi connectivity index (χ0v) is 18.6. The van der Waals surface area contributed by atoms with Gasteiger partial charge < -0.3 is 14.3 Å². The van der Waals surface area contributed by atoms with Gasteiger partial charge in [-0.2, -0.15) is 0 Å². The first-order valence-corrected chi connectivity index (χ1v) is 10.6. The lowest BCUT2D eigenvalue weighted by atomic mass is 10.2. The van der Waals surface area contributed by atoms with Crippen LogP contribution in [0.5, 0.6) is 5.75 Å². The molecule has 0 bridgehead atoms. The molecule has 30 heavy (non-hydrogen) atoms. The molecule has 6 nitrogen and oxygen atoms in total. The van der Waals surface area contributed by atoms with Crippen molar-refractivity contribution in [3.8, 4) is 5.75 Å². The monoisotopic (exact) mass is 484 g/mol. The van der Waals surface area contributed by atoms with Crippen molar-refractivity contribution in [2.45, 2.75) is 25.2 Å². The molecule has 1 aromatic heterocycles. The summed E-state index contributed by atoms with van der Waals surface area (Å²) in [6.45, 7) is 2.07. The molecule has 0 atom stereocenters. The molecular formula is C20H15Cl3N2O4S. The molecule has 3 rings (SSSR count). The number of aryl methyl sites for hydroxylation is 1. The Bertz CT molecular complexity index is 1100. The van der Waals surface area contributed by atoms with Crippen molar-refractivity contribution < 1.29 is 19.1 Å². The fraction of sp³-hybridized carbons (Fsp3) is 0.150. The van der Waals surface area contributed by atoms with Crippen LogP contribution < -0.4 is 4.74 Å². The number of carboxylic acids is 1. The lowest BCUT2D eigenvalue weighted by Crippen LogP contribution is -2.00. The van der Waals surface area contributed by atoms with Crippen LogP contribution in [-0.4, -0.2) is 21.3 Å². The number of thioether (sulfide) groups is 1. The minimum Gasteiger partial charge on any atom is -0.488 e. The van der Waals surface area contributed by atoms with Crippen LogP contribution in [0.1, 0.15) is 23.9 Å². The van der Waals surface area contributed by atoms with Gasteiger partial charge in [-0.25, -0.2) is 4.79 Å². The van der Waals surface area contributed by atoms with Crippen LogP contribution in [0.3, 0.4) is 0 Å². The van der Waals surface area contributed by atoms with E-state index in [9.17, 15) is 9.90 Å². The van der Waals surface area contributed by atoms with E-state index in [4.69, 9.17) is 44.0 Å². The van der Waals surface area contributed by atoms with Crippen molar-refractivity contribution >= 4 is 58.6 Å². The second-order valence-electron chi connectivity index (χ2n) is 5.95. The number of hydrogen-bond donors (Lipinski definition) is 1. The molecule has 2 aromatic carbocycles. The summed E-state index contributed by atoms with van der Waals surface area (Å²) in [5.41, 5.74) is 1.29. The zero-order valence-electron chi connectivity index (χ0n) is 15.6. The third kappa shape index (κ3) is 5.92. The highest BCUT2D eigenvalue weighted by atomic mass is 35.5. The molecule has 0 aliphatic rings. The molecule has 0 radical (unpaired) electrons. The molecular weight excluding hydrogens is 471 g/mol. The van der Waals surface area contributed by atoms with Gasteiger partial charge in [0, 0.05) is 17.0 Å². The van der Waals surface area contributed by atoms with Crippen LogP contribution in [0, 0.1) is 0 Å². The molecule has 3 aromatic rings. The molecule has 10 heteroatoms. The van der Waals surface area contributed by atoms with Crippen LogP contribution in [0.15, 0.2) is 50.9 Å². The van der Waals surface area contributed by atoms with Gasteiger partial charge in [0.25, 0.3) is 5.22 Å². The summed E-state index contributed by atoms with van der Waals surface area (Å²) in [5, 5.41) is 18.7. The minimum absolute atomic E-state index is 0.0250. The number of aliphatic carboxylic acids is 1. The minimum atomic E-state index is -1.15. The van der Waals surface area contributed by atoms with Crippen molar-refractivity contribution in [1.82, 2.24) is 10.2 Å². The van der Waals surface area contributed by atoms with Crippen molar-refractivity contribution in [1.29, 1.82) is 0 Å². The number of ether oxygens (including phenoxy) is 1. The van der Waals surface area contributed by atoms with Gasteiger partial charge in [0.2, 0.25) is 5.89 Å². The number of carbonyl (C=O) groups is 1. The number of hydrogen-bond acceptors (Lipinski definition) is 6. The summed E-state index contributed by atoms with van der Waals surface area (Å²) >= 11 is 18.9. The molecule has 0 fully saturated rings. The third-order valence-corrected chi connectivity index (χ3v) is 5.62. The van der Waals surface area contributed by atoms with Gasteiger partial charge in [0.1, 0.15) is 17.3 Å². The standard InChI is InChI=1S/C20H15Cl3N2O4S/c1-2-18-24-25-20(29-18)30-17(19(26)27)9-12-8-13(21)4-6-16(12)28-10-11-3-5-14(22)15(23)7-11/h3-9H,2,10H2,1H3,(H,26,27)/b17-9-. The molecule has 0 amide bonds. The maximum atomic E-state index is 11.7. The third-order valence-electron chi connectivity index (χ3n) is 3.80. The summed E-state index contributed by atoms with van der Waals surface area (Å²) in [4.78, 5) is 11.7. The Morgan fingerprint density at radius 2 is 1.97 bits per heavy atom. The van der Waals surface area contributed by atoms with Crippen molar-refractivity contribution in [3.05, 3.63) is 73.4 Å². The zero-order chi connectivity index (χ0) is 21.7. The molecule has 0 saturated heterocycles. The van der Waals surface area contributed by atoms with Crippen LogP contribution in [-0.2, 0) is 17.8 Å². The normalized spacial score (nSPS) is 11.5. The van der Waals surface area contributed by atoms with E-state index in [1.165, 1.54) is 6.08 Å². The molecule has 0 spiro atoms. The van der Waals surface area contributed by atoms with Gasteiger partial charge in [0.15, 0.2) is 0 Å². The van der Waals surface area contributed by atoms with Gasteiger partial charge in [0.05, 0.1) is 10.0 Å². The van der Waals surface area contributed by atoms with Gasteiger partial charge >= 0.3 is 5.97 Å². The first-order chi connectivity index (χ1) is 14.4. The number of carboxylic acid groups (broad SMARTS) is 1. The largest absolute Gasteiger partial charge is 0.488 e. The van der Waals surface area contributed by atoms with Gasteiger partial charge in [-0.15, -0.1) is 10.2 Å². The molecule has 1 N–H and O–H groups in total. The molecule has 1 heterocycles. The Hall–Kier alpha value is -2.19. The number of rotatable bonds is 8. The topological polar surface area (TPSA) is 85.5 Å².